The first-order valence-corrected chi connectivity index (χ1v) is 7.91. The van der Waals surface area contributed by atoms with Gasteiger partial charge < -0.3 is 14.4 Å². The number of likely N-dealkylation sites (N-methyl/N-ethyl adjacent to an activating group) is 1. The van der Waals surface area contributed by atoms with Gasteiger partial charge in [0.1, 0.15) is 5.82 Å². The summed E-state index contributed by atoms with van der Waals surface area (Å²) in [6, 6.07) is 9.51. The molecule has 0 radical (unpaired) electrons. The normalized spacial score (nSPS) is 10.6. The standard InChI is InChI=1S/C19H18FN3O3/c1-23(2)19(24)11-26-18-8-14-15(9-17(18)25-3)22-16(10-21-14)12-5-4-6-13(20)7-12/h4-10H,11H2,1-3H3. The van der Waals surface area contributed by atoms with Crippen molar-refractivity contribution in [2.75, 3.05) is 27.8 Å². The smallest absolute Gasteiger partial charge is 0.259 e. The molecule has 2 aromatic carbocycles. The highest BCUT2D eigenvalue weighted by Gasteiger charge is 2.13. The van der Waals surface area contributed by atoms with E-state index in [0.717, 1.165) is 0 Å². The minimum Gasteiger partial charge on any atom is -0.493 e. The summed E-state index contributed by atoms with van der Waals surface area (Å²) in [6.45, 7) is -0.107. The van der Waals surface area contributed by atoms with Gasteiger partial charge >= 0.3 is 0 Å². The van der Waals surface area contributed by atoms with Crippen LogP contribution in [0.25, 0.3) is 22.3 Å². The molecule has 0 unspecified atom stereocenters. The van der Waals surface area contributed by atoms with Crippen molar-refractivity contribution in [1.29, 1.82) is 0 Å². The van der Waals surface area contributed by atoms with Gasteiger partial charge in [0, 0.05) is 31.8 Å². The Morgan fingerprint density at radius 1 is 1.15 bits per heavy atom. The molecule has 7 heteroatoms. The van der Waals surface area contributed by atoms with Gasteiger partial charge in [0.15, 0.2) is 18.1 Å². The number of hydrogen-bond donors (Lipinski definition) is 0. The predicted octanol–water partition coefficient (Wildman–Crippen LogP) is 2.91. The molecule has 0 fully saturated rings. The van der Waals surface area contributed by atoms with Crippen molar-refractivity contribution < 1.29 is 18.7 Å². The van der Waals surface area contributed by atoms with Crippen LogP contribution in [0.15, 0.2) is 42.6 Å². The van der Waals surface area contributed by atoms with Gasteiger partial charge in [-0.1, -0.05) is 12.1 Å². The van der Waals surface area contributed by atoms with Crippen LogP contribution in [-0.4, -0.2) is 48.6 Å². The van der Waals surface area contributed by atoms with Crippen molar-refractivity contribution in [3.63, 3.8) is 0 Å². The largest absolute Gasteiger partial charge is 0.493 e. The number of methoxy groups -OCH3 is 1. The highest BCUT2D eigenvalue weighted by molar-refractivity contribution is 5.82. The van der Waals surface area contributed by atoms with E-state index in [-0.39, 0.29) is 18.3 Å². The van der Waals surface area contributed by atoms with Crippen LogP contribution in [0.1, 0.15) is 0 Å². The number of benzene rings is 2. The van der Waals surface area contributed by atoms with Crippen LogP contribution >= 0.6 is 0 Å². The molecule has 134 valence electrons. The number of carbonyl (C=O) groups excluding carboxylic acids is 1. The molecule has 6 nitrogen and oxygen atoms in total. The maximum Gasteiger partial charge on any atom is 0.259 e. The quantitative estimate of drug-likeness (QED) is 0.704. The van der Waals surface area contributed by atoms with Gasteiger partial charge in [-0.3, -0.25) is 9.78 Å². The Morgan fingerprint density at radius 2 is 1.92 bits per heavy atom. The highest BCUT2D eigenvalue weighted by atomic mass is 19.1. The Labute approximate surface area is 150 Å². The molecule has 3 rings (SSSR count). The summed E-state index contributed by atoms with van der Waals surface area (Å²) in [6.07, 6.45) is 1.57. The third-order valence-electron chi connectivity index (χ3n) is 3.80. The molecule has 0 saturated heterocycles. The lowest BCUT2D eigenvalue weighted by Crippen LogP contribution is -2.27. The zero-order chi connectivity index (χ0) is 18.7. The van der Waals surface area contributed by atoms with Gasteiger partial charge in [0.25, 0.3) is 5.91 Å². The first-order chi connectivity index (χ1) is 12.5. The molecule has 0 aliphatic heterocycles. The van der Waals surface area contributed by atoms with E-state index in [1.165, 1.54) is 24.1 Å². The zero-order valence-electron chi connectivity index (χ0n) is 14.7. The fraction of sp³-hybridized carbons (Fsp3) is 0.211. The van der Waals surface area contributed by atoms with Crippen LogP contribution in [0.4, 0.5) is 4.39 Å². The number of amides is 1. The number of fused-ring (bicyclic) bond motifs is 1. The minimum atomic E-state index is -0.337. The van der Waals surface area contributed by atoms with E-state index in [1.807, 2.05) is 0 Å². The van der Waals surface area contributed by atoms with Gasteiger partial charge in [-0.25, -0.2) is 9.37 Å². The molecule has 0 atom stereocenters. The Kier molecular flexibility index (Phi) is 4.97. The van der Waals surface area contributed by atoms with E-state index in [0.29, 0.717) is 33.8 Å². The summed E-state index contributed by atoms with van der Waals surface area (Å²) in [4.78, 5) is 22.0. The molecule has 26 heavy (non-hydrogen) atoms. The second kappa shape index (κ2) is 7.35. The first kappa shape index (κ1) is 17.6. The van der Waals surface area contributed by atoms with Crippen molar-refractivity contribution in [1.82, 2.24) is 14.9 Å². The van der Waals surface area contributed by atoms with Gasteiger partial charge in [0.2, 0.25) is 0 Å². The molecule has 1 aromatic heterocycles. The molecular weight excluding hydrogens is 337 g/mol. The number of ether oxygens (including phenoxy) is 2. The number of nitrogens with zero attached hydrogens (tertiary/aromatic N) is 3. The average molecular weight is 355 g/mol. The minimum absolute atomic E-state index is 0.107. The first-order valence-electron chi connectivity index (χ1n) is 7.91. The summed E-state index contributed by atoms with van der Waals surface area (Å²) in [5, 5.41) is 0. The third-order valence-corrected chi connectivity index (χ3v) is 3.80. The third kappa shape index (κ3) is 3.72. The molecule has 1 heterocycles. The van der Waals surface area contributed by atoms with Gasteiger partial charge in [0.05, 0.1) is 30.0 Å². The molecule has 0 spiro atoms. The van der Waals surface area contributed by atoms with Crippen LogP contribution in [0.2, 0.25) is 0 Å². The molecule has 3 aromatic rings. The fourth-order valence-corrected chi connectivity index (χ4v) is 2.35. The lowest BCUT2D eigenvalue weighted by Gasteiger charge is -2.14. The van der Waals surface area contributed by atoms with E-state index >= 15 is 0 Å². The summed E-state index contributed by atoms with van der Waals surface area (Å²) in [7, 11) is 4.82. The summed E-state index contributed by atoms with van der Waals surface area (Å²) >= 11 is 0. The van der Waals surface area contributed by atoms with Crippen LogP contribution in [0.5, 0.6) is 11.5 Å². The lowest BCUT2D eigenvalue weighted by molar-refractivity contribution is -0.130. The van der Waals surface area contributed by atoms with Crippen molar-refractivity contribution in [2.24, 2.45) is 0 Å². The Balaban J connectivity index is 1.96. The SMILES string of the molecule is COc1cc2nc(-c3cccc(F)c3)cnc2cc1OCC(=O)N(C)C. The van der Waals surface area contributed by atoms with Crippen LogP contribution in [-0.2, 0) is 4.79 Å². The zero-order valence-corrected chi connectivity index (χ0v) is 14.7. The van der Waals surface area contributed by atoms with Crippen LogP contribution < -0.4 is 9.47 Å². The number of halogens is 1. The number of aromatic nitrogens is 2. The average Bonchev–Trinajstić information content (AvgIpc) is 2.64. The van der Waals surface area contributed by atoms with Gasteiger partial charge in [-0.05, 0) is 12.1 Å². The van der Waals surface area contributed by atoms with E-state index in [9.17, 15) is 9.18 Å². The summed E-state index contributed by atoms with van der Waals surface area (Å²) < 4.78 is 24.3. The van der Waals surface area contributed by atoms with Crippen molar-refractivity contribution in [3.8, 4) is 22.8 Å². The number of rotatable bonds is 5. The molecular formula is C19H18FN3O3. The second-order valence-electron chi connectivity index (χ2n) is 5.83. The Hall–Kier alpha value is -3.22. The molecule has 0 bridgehead atoms. The van der Waals surface area contributed by atoms with Crippen LogP contribution in [0.3, 0.4) is 0 Å². The Bertz CT molecular complexity index is 960. The monoisotopic (exact) mass is 355 g/mol. The Morgan fingerprint density at radius 3 is 2.62 bits per heavy atom. The maximum absolute atomic E-state index is 13.4. The summed E-state index contributed by atoms with van der Waals surface area (Å²) in [5.74, 6) is 0.341. The van der Waals surface area contributed by atoms with Crippen LogP contribution in [0, 0.1) is 5.82 Å². The predicted molar refractivity (Wildman–Crippen MR) is 95.7 cm³/mol. The molecule has 0 aliphatic rings. The van der Waals surface area contributed by atoms with Gasteiger partial charge in [-0.2, -0.15) is 0 Å². The number of hydrogen-bond acceptors (Lipinski definition) is 5. The number of carbonyl (C=O) groups is 1. The fourth-order valence-electron chi connectivity index (χ4n) is 2.35. The molecule has 0 saturated carbocycles. The van der Waals surface area contributed by atoms with Crippen molar-refractivity contribution in [2.45, 2.75) is 0 Å². The molecule has 0 aliphatic carbocycles. The van der Waals surface area contributed by atoms with Crippen molar-refractivity contribution >= 4 is 16.9 Å². The maximum atomic E-state index is 13.4. The lowest BCUT2D eigenvalue weighted by atomic mass is 10.1. The van der Waals surface area contributed by atoms with E-state index < -0.39 is 0 Å². The van der Waals surface area contributed by atoms with E-state index in [1.54, 1.807) is 44.6 Å². The van der Waals surface area contributed by atoms with Gasteiger partial charge in [-0.15, -0.1) is 0 Å². The van der Waals surface area contributed by atoms with Crippen molar-refractivity contribution in [3.05, 3.63) is 48.4 Å². The second-order valence-corrected chi connectivity index (χ2v) is 5.83. The van der Waals surface area contributed by atoms with E-state index in [2.05, 4.69) is 9.97 Å². The topological polar surface area (TPSA) is 64.6 Å². The van der Waals surface area contributed by atoms with E-state index in [4.69, 9.17) is 9.47 Å². The molecule has 0 N–H and O–H groups in total. The summed E-state index contributed by atoms with van der Waals surface area (Å²) in [5.41, 5.74) is 2.35. The molecule has 1 amide bonds. The highest BCUT2D eigenvalue weighted by Crippen LogP contribution is 2.32.